The average Bonchev–Trinajstić information content (AvgIpc) is 2.86. The normalized spacial score (nSPS) is 11.9. The molecule has 0 saturated heterocycles. The summed E-state index contributed by atoms with van der Waals surface area (Å²) in [6.07, 6.45) is 1.02. The Morgan fingerprint density at radius 1 is 0.531 bits per heavy atom. The highest BCUT2D eigenvalue weighted by Gasteiger charge is 2.16. The van der Waals surface area contributed by atoms with Crippen LogP contribution in [0.3, 0.4) is 0 Å². The lowest BCUT2D eigenvalue weighted by Gasteiger charge is -2.27. The van der Waals surface area contributed by atoms with Crippen LogP contribution in [0.5, 0.6) is 0 Å². The second kappa shape index (κ2) is 9.11. The smallest absolute Gasteiger partial charge is 0.0540 e. The number of rotatable bonds is 6. The van der Waals surface area contributed by atoms with Crippen molar-refractivity contribution in [2.45, 2.75) is 19.3 Å². The SMILES string of the molecule is C[C@H](Cc1cccc2c(N(c3ccccc3)c3ccccc3)cccc12)c1ccccc1. The van der Waals surface area contributed by atoms with Gasteiger partial charge in [0.05, 0.1) is 5.69 Å². The summed E-state index contributed by atoms with van der Waals surface area (Å²) < 4.78 is 0. The summed E-state index contributed by atoms with van der Waals surface area (Å²) in [5.74, 6) is 0.463. The number of nitrogens with zero attached hydrogens (tertiary/aromatic N) is 1. The van der Waals surface area contributed by atoms with Gasteiger partial charge in [-0.15, -0.1) is 0 Å². The van der Waals surface area contributed by atoms with Crippen LogP contribution in [0.1, 0.15) is 24.0 Å². The van der Waals surface area contributed by atoms with E-state index in [4.69, 9.17) is 0 Å². The molecule has 0 aliphatic rings. The first-order chi connectivity index (χ1) is 15.8. The van der Waals surface area contributed by atoms with Gasteiger partial charge in [-0.2, -0.15) is 0 Å². The van der Waals surface area contributed by atoms with Gasteiger partial charge in [-0.3, -0.25) is 0 Å². The Morgan fingerprint density at radius 3 is 1.69 bits per heavy atom. The molecule has 0 bridgehead atoms. The van der Waals surface area contributed by atoms with Gasteiger partial charge in [0.15, 0.2) is 0 Å². The van der Waals surface area contributed by atoms with Gasteiger partial charge in [0, 0.05) is 16.8 Å². The van der Waals surface area contributed by atoms with E-state index in [0.29, 0.717) is 5.92 Å². The van der Waals surface area contributed by atoms with Gasteiger partial charge in [0.25, 0.3) is 0 Å². The van der Waals surface area contributed by atoms with Gasteiger partial charge < -0.3 is 4.90 Å². The zero-order chi connectivity index (χ0) is 21.8. The summed E-state index contributed by atoms with van der Waals surface area (Å²) in [4.78, 5) is 2.35. The highest BCUT2D eigenvalue weighted by atomic mass is 15.1. The molecule has 0 N–H and O–H groups in total. The topological polar surface area (TPSA) is 3.24 Å². The van der Waals surface area contributed by atoms with E-state index in [1.165, 1.54) is 27.6 Å². The van der Waals surface area contributed by atoms with E-state index < -0.39 is 0 Å². The summed E-state index contributed by atoms with van der Waals surface area (Å²) >= 11 is 0. The van der Waals surface area contributed by atoms with Gasteiger partial charge in [-0.05, 0) is 59.2 Å². The van der Waals surface area contributed by atoms with E-state index >= 15 is 0 Å². The Kier molecular flexibility index (Phi) is 5.72. The Balaban J connectivity index is 1.62. The van der Waals surface area contributed by atoms with Crippen LogP contribution in [-0.2, 0) is 6.42 Å². The summed E-state index contributed by atoms with van der Waals surface area (Å²) in [5.41, 5.74) is 6.30. The Labute approximate surface area is 190 Å². The molecule has 0 aliphatic heterocycles. The first-order valence-corrected chi connectivity index (χ1v) is 11.3. The van der Waals surface area contributed by atoms with Crippen molar-refractivity contribution in [3.8, 4) is 0 Å². The van der Waals surface area contributed by atoms with E-state index in [9.17, 15) is 0 Å². The molecule has 5 rings (SSSR count). The van der Waals surface area contributed by atoms with E-state index in [0.717, 1.165) is 17.8 Å². The molecule has 1 nitrogen and oxygen atoms in total. The first kappa shape index (κ1) is 20.1. The highest BCUT2D eigenvalue weighted by Crippen LogP contribution is 2.39. The van der Waals surface area contributed by atoms with Crippen molar-refractivity contribution in [2.75, 3.05) is 4.90 Å². The van der Waals surface area contributed by atoms with Gasteiger partial charge in [-0.1, -0.05) is 104 Å². The molecule has 5 aromatic rings. The van der Waals surface area contributed by atoms with Gasteiger partial charge in [0.1, 0.15) is 0 Å². The first-order valence-electron chi connectivity index (χ1n) is 11.3. The van der Waals surface area contributed by atoms with Crippen LogP contribution in [0.25, 0.3) is 10.8 Å². The van der Waals surface area contributed by atoms with E-state index in [2.05, 4.69) is 139 Å². The van der Waals surface area contributed by atoms with Crippen molar-refractivity contribution in [1.29, 1.82) is 0 Å². The number of hydrogen-bond donors (Lipinski definition) is 0. The molecular formula is C31H27N. The van der Waals surface area contributed by atoms with Crippen LogP contribution in [0.2, 0.25) is 0 Å². The molecule has 0 amide bonds. The minimum absolute atomic E-state index is 0.463. The molecule has 0 aliphatic carbocycles. The second-order valence-electron chi connectivity index (χ2n) is 8.31. The molecule has 0 fully saturated rings. The Bertz CT molecular complexity index is 1250. The minimum Gasteiger partial charge on any atom is -0.310 e. The van der Waals surface area contributed by atoms with E-state index in [1.54, 1.807) is 0 Å². The summed E-state index contributed by atoms with van der Waals surface area (Å²) in [6.45, 7) is 2.32. The van der Waals surface area contributed by atoms with Crippen LogP contribution < -0.4 is 4.90 Å². The summed E-state index contributed by atoms with van der Waals surface area (Å²) in [5, 5.41) is 2.60. The molecular weight excluding hydrogens is 386 g/mol. The van der Waals surface area contributed by atoms with Gasteiger partial charge in [0.2, 0.25) is 0 Å². The van der Waals surface area contributed by atoms with Gasteiger partial charge >= 0.3 is 0 Å². The van der Waals surface area contributed by atoms with E-state index in [1.807, 2.05) is 0 Å². The highest BCUT2D eigenvalue weighted by molar-refractivity contribution is 6.00. The molecule has 1 atom stereocenters. The van der Waals surface area contributed by atoms with Crippen LogP contribution in [0, 0.1) is 0 Å². The fraction of sp³-hybridized carbons (Fsp3) is 0.0968. The fourth-order valence-corrected chi connectivity index (χ4v) is 4.54. The minimum atomic E-state index is 0.463. The number of hydrogen-bond acceptors (Lipinski definition) is 1. The van der Waals surface area contributed by atoms with Gasteiger partial charge in [-0.25, -0.2) is 0 Å². The van der Waals surface area contributed by atoms with Crippen LogP contribution in [0.15, 0.2) is 127 Å². The van der Waals surface area contributed by atoms with Crippen LogP contribution in [-0.4, -0.2) is 0 Å². The Hall–Kier alpha value is -3.84. The largest absolute Gasteiger partial charge is 0.310 e. The molecule has 0 spiro atoms. The number of para-hydroxylation sites is 2. The molecule has 156 valence electrons. The molecule has 0 unspecified atom stereocenters. The molecule has 0 radical (unpaired) electrons. The zero-order valence-corrected chi connectivity index (χ0v) is 18.4. The third-order valence-electron chi connectivity index (χ3n) is 6.15. The van der Waals surface area contributed by atoms with Crippen molar-refractivity contribution < 1.29 is 0 Å². The third kappa shape index (κ3) is 4.02. The quantitative estimate of drug-likeness (QED) is 0.269. The number of anilines is 3. The lowest BCUT2D eigenvalue weighted by atomic mass is 9.90. The maximum Gasteiger partial charge on any atom is 0.0540 e. The summed E-state index contributed by atoms with van der Waals surface area (Å²) in [7, 11) is 0. The number of benzene rings is 5. The number of fused-ring (bicyclic) bond motifs is 1. The van der Waals surface area contributed by atoms with Crippen molar-refractivity contribution in [3.05, 3.63) is 139 Å². The fourth-order valence-electron chi connectivity index (χ4n) is 4.54. The predicted molar refractivity (Wildman–Crippen MR) is 137 cm³/mol. The van der Waals surface area contributed by atoms with Crippen LogP contribution >= 0.6 is 0 Å². The van der Waals surface area contributed by atoms with Crippen molar-refractivity contribution in [1.82, 2.24) is 0 Å². The maximum atomic E-state index is 2.35. The molecule has 5 aromatic carbocycles. The van der Waals surface area contributed by atoms with Crippen molar-refractivity contribution >= 4 is 27.8 Å². The predicted octanol–water partition coefficient (Wildman–Crippen LogP) is 8.66. The third-order valence-corrected chi connectivity index (χ3v) is 6.15. The zero-order valence-electron chi connectivity index (χ0n) is 18.4. The van der Waals surface area contributed by atoms with Crippen molar-refractivity contribution in [2.24, 2.45) is 0 Å². The molecule has 32 heavy (non-hydrogen) atoms. The average molecular weight is 414 g/mol. The molecule has 0 saturated carbocycles. The lowest BCUT2D eigenvalue weighted by molar-refractivity contribution is 0.763. The standard InChI is InChI=1S/C31H27N/c1-24(25-13-5-2-6-14-25)23-26-15-11-21-30-29(26)20-12-22-31(30)32(27-16-7-3-8-17-27)28-18-9-4-10-19-28/h2-22,24H,23H2,1H3/t24-/m1/s1. The monoisotopic (exact) mass is 413 g/mol. The van der Waals surface area contributed by atoms with E-state index in [-0.39, 0.29) is 0 Å². The van der Waals surface area contributed by atoms with Crippen molar-refractivity contribution in [3.63, 3.8) is 0 Å². The molecule has 0 aromatic heterocycles. The Morgan fingerprint density at radius 2 is 1.06 bits per heavy atom. The molecule has 0 heterocycles. The maximum absolute atomic E-state index is 2.35. The summed E-state index contributed by atoms with van der Waals surface area (Å²) in [6, 6.07) is 45.4. The lowest BCUT2D eigenvalue weighted by Crippen LogP contribution is -2.10. The second-order valence-corrected chi connectivity index (χ2v) is 8.31. The van der Waals surface area contributed by atoms with Crippen LogP contribution in [0.4, 0.5) is 17.1 Å². The molecule has 1 heteroatoms.